The molecule has 28 heavy (non-hydrogen) atoms. The first-order valence-corrected chi connectivity index (χ1v) is 9.29. The normalized spacial score (nSPS) is 21.1. The van der Waals surface area contributed by atoms with Gasteiger partial charge in [-0.15, -0.1) is 0 Å². The smallest absolute Gasteiger partial charge is 0.274 e. The van der Waals surface area contributed by atoms with Crippen LogP contribution in [0.15, 0.2) is 42.5 Å². The summed E-state index contributed by atoms with van der Waals surface area (Å²) in [5, 5.41) is 2.83. The molecule has 2 aliphatic rings. The molecule has 4 rings (SSSR count). The number of nitrogen functional groups attached to an aromatic ring is 1. The molecule has 1 aromatic heterocycles. The molecule has 2 atom stereocenters. The van der Waals surface area contributed by atoms with Crippen LogP contribution in [-0.4, -0.2) is 42.6 Å². The van der Waals surface area contributed by atoms with Crippen molar-refractivity contribution in [2.24, 2.45) is 0 Å². The molecule has 8 nitrogen and oxygen atoms in total. The highest BCUT2D eigenvalue weighted by Crippen LogP contribution is 2.37. The molecular weight excluding hydrogens is 360 g/mol. The Kier molecular flexibility index (Phi) is 5.12. The Bertz CT molecular complexity index is 868. The van der Waals surface area contributed by atoms with Crippen molar-refractivity contribution < 1.29 is 19.1 Å². The molecule has 0 aliphatic carbocycles. The number of anilines is 2. The van der Waals surface area contributed by atoms with Gasteiger partial charge in [0.1, 0.15) is 12.4 Å². The van der Waals surface area contributed by atoms with E-state index in [1.165, 1.54) is 4.90 Å². The van der Waals surface area contributed by atoms with Crippen LogP contribution in [-0.2, 0) is 14.3 Å². The number of nitrogens with two attached hydrogens (primary N) is 1. The fourth-order valence-electron chi connectivity index (χ4n) is 3.38. The number of hydrogen-bond donors (Lipinski definition) is 2. The SMILES string of the molecule is Nc1ccc2c(n1)N(CC(=O)NCC1CCCO1)C(=O)C(c1ccccc1)O2. The van der Waals surface area contributed by atoms with E-state index in [4.69, 9.17) is 15.2 Å². The number of nitrogens with zero attached hydrogens (tertiary/aromatic N) is 2. The Morgan fingerprint density at radius 1 is 1.25 bits per heavy atom. The van der Waals surface area contributed by atoms with Gasteiger partial charge in [0.2, 0.25) is 12.0 Å². The van der Waals surface area contributed by atoms with Crippen molar-refractivity contribution in [2.75, 3.05) is 30.3 Å². The topological polar surface area (TPSA) is 107 Å². The van der Waals surface area contributed by atoms with Crippen LogP contribution in [0.4, 0.5) is 11.6 Å². The number of amides is 2. The molecule has 2 amide bonds. The van der Waals surface area contributed by atoms with E-state index in [0.29, 0.717) is 17.9 Å². The van der Waals surface area contributed by atoms with Crippen molar-refractivity contribution in [3.63, 3.8) is 0 Å². The number of carbonyl (C=O) groups excluding carboxylic acids is 2. The second-order valence-corrected chi connectivity index (χ2v) is 6.83. The van der Waals surface area contributed by atoms with E-state index in [1.54, 1.807) is 12.1 Å². The number of aromatic nitrogens is 1. The lowest BCUT2D eigenvalue weighted by atomic mass is 10.1. The van der Waals surface area contributed by atoms with E-state index in [0.717, 1.165) is 19.4 Å². The molecule has 2 aliphatic heterocycles. The monoisotopic (exact) mass is 382 g/mol. The van der Waals surface area contributed by atoms with Crippen LogP contribution in [0.5, 0.6) is 5.75 Å². The summed E-state index contributed by atoms with van der Waals surface area (Å²) in [5.41, 5.74) is 6.49. The largest absolute Gasteiger partial charge is 0.472 e. The Morgan fingerprint density at radius 3 is 2.82 bits per heavy atom. The molecule has 1 fully saturated rings. The average molecular weight is 382 g/mol. The molecule has 1 saturated heterocycles. The van der Waals surface area contributed by atoms with Crippen molar-refractivity contribution in [3.05, 3.63) is 48.0 Å². The van der Waals surface area contributed by atoms with Gasteiger partial charge in [-0.1, -0.05) is 30.3 Å². The molecule has 1 aromatic carbocycles. The first kappa shape index (κ1) is 18.2. The second kappa shape index (κ2) is 7.85. The van der Waals surface area contributed by atoms with Gasteiger partial charge < -0.3 is 20.5 Å². The van der Waals surface area contributed by atoms with E-state index < -0.39 is 6.10 Å². The van der Waals surface area contributed by atoms with Gasteiger partial charge in [0.15, 0.2) is 11.6 Å². The van der Waals surface area contributed by atoms with Gasteiger partial charge in [0.05, 0.1) is 6.10 Å². The Morgan fingerprint density at radius 2 is 2.07 bits per heavy atom. The zero-order valence-corrected chi connectivity index (χ0v) is 15.3. The minimum absolute atomic E-state index is 0.0301. The van der Waals surface area contributed by atoms with Crippen LogP contribution >= 0.6 is 0 Å². The maximum Gasteiger partial charge on any atom is 0.274 e. The summed E-state index contributed by atoms with van der Waals surface area (Å²) in [6, 6.07) is 12.4. The molecule has 2 unspecified atom stereocenters. The molecule has 0 bridgehead atoms. The highest BCUT2D eigenvalue weighted by Gasteiger charge is 2.37. The summed E-state index contributed by atoms with van der Waals surface area (Å²) in [4.78, 5) is 31.2. The quantitative estimate of drug-likeness (QED) is 0.810. The Balaban J connectivity index is 1.55. The highest BCUT2D eigenvalue weighted by molar-refractivity contribution is 6.03. The number of rotatable bonds is 5. The lowest BCUT2D eigenvalue weighted by molar-refractivity contribution is -0.129. The van der Waals surface area contributed by atoms with E-state index in [1.807, 2.05) is 30.3 Å². The van der Waals surface area contributed by atoms with Crippen LogP contribution in [0.2, 0.25) is 0 Å². The molecule has 0 spiro atoms. The lowest BCUT2D eigenvalue weighted by Crippen LogP contribution is -2.47. The van der Waals surface area contributed by atoms with Crippen molar-refractivity contribution in [1.29, 1.82) is 0 Å². The molecule has 3 N–H and O–H groups in total. The molecular formula is C20H22N4O4. The first-order valence-electron chi connectivity index (χ1n) is 9.29. The Labute approximate surface area is 162 Å². The maximum atomic E-state index is 13.1. The van der Waals surface area contributed by atoms with Crippen molar-refractivity contribution >= 4 is 23.5 Å². The number of fused-ring (bicyclic) bond motifs is 1. The van der Waals surface area contributed by atoms with Crippen LogP contribution in [0.3, 0.4) is 0 Å². The van der Waals surface area contributed by atoms with Crippen LogP contribution in [0.25, 0.3) is 0 Å². The summed E-state index contributed by atoms with van der Waals surface area (Å²) in [6.07, 6.45) is 1.11. The standard InChI is InChI=1S/C20H22N4O4/c21-16-9-8-15-19(23-16)24(12-17(25)22-11-14-7-4-10-27-14)20(26)18(28-15)13-5-2-1-3-6-13/h1-3,5-6,8-9,14,18H,4,7,10-12H2,(H2,21,23)(H,22,25). The van der Waals surface area contributed by atoms with Crippen molar-refractivity contribution in [2.45, 2.75) is 25.0 Å². The number of ether oxygens (including phenoxy) is 2. The molecule has 2 aromatic rings. The summed E-state index contributed by atoms with van der Waals surface area (Å²) in [6.45, 7) is 0.982. The number of hydrogen-bond acceptors (Lipinski definition) is 6. The van der Waals surface area contributed by atoms with Gasteiger partial charge in [-0.05, 0) is 25.0 Å². The number of pyridine rings is 1. The number of nitrogens with one attached hydrogen (secondary N) is 1. The molecule has 8 heteroatoms. The maximum absolute atomic E-state index is 13.1. The van der Waals surface area contributed by atoms with E-state index in [9.17, 15) is 9.59 Å². The minimum Gasteiger partial charge on any atom is -0.472 e. The average Bonchev–Trinajstić information content (AvgIpc) is 3.23. The summed E-state index contributed by atoms with van der Waals surface area (Å²) >= 11 is 0. The van der Waals surface area contributed by atoms with E-state index in [-0.39, 0.29) is 36.1 Å². The number of benzene rings is 1. The third-order valence-corrected chi connectivity index (χ3v) is 4.81. The van der Waals surface area contributed by atoms with Gasteiger partial charge >= 0.3 is 0 Å². The third-order valence-electron chi connectivity index (χ3n) is 4.81. The zero-order valence-electron chi connectivity index (χ0n) is 15.3. The van der Waals surface area contributed by atoms with Crippen molar-refractivity contribution in [3.8, 4) is 5.75 Å². The van der Waals surface area contributed by atoms with Gasteiger partial charge in [0.25, 0.3) is 5.91 Å². The zero-order chi connectivity index (χ0) is 19.5. The predicted octanol–water partition coefficient (Wildman–Crippen LogP) is 1.43. The van der Waals surface area contributed by atoms with Crippen LogP contribution < -0.4 is 20.7 Å². The van der Waals surface area contributed by atoms with Crippen molar-refractivity contribution in [1.82, 2.24) is 10.3 Å². The fourth-order valence-corrected chi connectivity index (χ4v) is 3.38. The van der Waals surface area contributed by atoms with Gasteiger partial charge in [-0.25, -0.2) is 4.98 Å². The summed E-state index contributed by atoms with van der Waals surface area (Å²) in [5.74, 6) is 0.272. The van der Waals surface area contributed by atoms with Crippen LogP contribution in [0, 0.1) is 0 Å². The summed E-state index contributed by atoms with van der Waals surface area (Å²) < 4.78 is 11.4. The van der Waals surface area contributed by atoms with Gasteiger partial charge in [0, 0.05) is 18.7 Å². The molecule has 3 heterocycles. The second-order valence-electron chi connectivity index (χ2n) is 6.83. The first-order chi connectivity index (χ1) is 13.6. The minimum atomic E-state index is -0.843. The highest BCUT2D eigenvalue weighted by atomic mass is 16.5. The van der Waals surface area contributed by atoms with E-state index in [2.05, 4.69) is 10.3 Å². The molecule has 146 valence electrons. The van der Waals surface area contributed by atoms with E-state index >= 15 is 0 Å². The van der Waals surface area contributed by atoms with Gasteiger partial charge in [-0.3, -0.25) is 14.5 Å². The molecule has 0 radical (unpaired) electrons. The third kappa shape index (κ3) is 3.77. The van der Waals surface area contributed by atoms with Gasteiger partial charge in [-0.2, -0.15) is 0 Å². The fraction of sp³-hybridized carbons (Fsp3) is 0.350. The number of carbonyl (C=O) groups is 2. The Hall–Kier alpha value is -3.13. The lowest BCUT2D eigenvalue weighted by Gasteiger charge is -2.33. The predicted molar refractivity (Wildman–Crippen MR) is 103 cm³/mol. The van der Waals surface area contributed by atoms with Crippen LogP contribution in [0.1, 0.15) is 24.5 Å². The summed E-state index contributed by atoms with van der Waals surface area (Å²) in [7, 11) is 0. The molecule has 0 saturated carbocycles.